The zero-order valence-corrected chi connectivity index (χ0v) is 13.4. The highest BCUT2D eigenvalue weighted by Gasteiger charge is 2.24. The van der Waals surface area contributed by atoms with Crippen molar-refractivity contribution in [3.05, 3.63) is 61.3 Å². The van der Waals surface area contributed by atoms with Crippen LogP contribution in [0.4, 0.5) is 14.6 Å². The quantitative estimate of drug-likeness (QED) is 0.729. The summed E-state index contributed by atoms with van der Waals surface area (Å²) in [5, 5.41) is 18.3. The summed E-state index contributed by atoms with van der Waals surface area (Å²) in [4.78, 5) is 39.9. The van der Waals surface area contributed by atoms with Crippen molar-refractivity contribution in [1.82, 2.24) is 9.55 Å². The topological polar surface area (TPSA) is 116 Å². The van der Waals surface area contributed by atoms with E-state index in [2.05, 4.69) is 4.98 Å². The molecule has 1 aliphatic rings. The number of hydrogen-bond donors (Lipinski definition) is 3. The molecule has 0 amide bonds. The summed E-state index contributed by atoms with van der Waals surface area (Å²) < 4.78 is 27.6. The second-order valence-corrected chi connectivity index (χ2v) is 5.82. The number of phenols is 1. The van der Waals surface area contributed by atoms with Crippen LogP contribution < -0.4 is 16.1 Å². The number of fused-ring (bicyclic) bond motifs is 1. The third-order valence-electron chi connectivity index (χ3n) is 4.00. The average molecular weight is 365 g/mol. The van der Waals surface area contributed by atoms with Crippen molar-refractivity contribution in [3.63, 3.8) is 0 Å². The summed E-state index contributed by atoms with van der Waals surface area (Å²) in [6, 6.07) is 1.60. The summed E-state index contributed by atoms with van der Waals surface area (Å²) in [6.07, 6.45) is 1.16. The van der Waals surface area contributed by atoms with Gasteiger partial charge in [0, 0.05) is 7.05 Å². The van der Waals surface area contributed by atoms with E-state index in [1.54, 1.807) is 0 Å². The molecular formula is C16H13F2N3O5. The first-order valence-corrected chi connectivity index (χ1v) is 7.38. The zero-order valence-electron chi connectivity index (χ0n) is 13.4. The second kappa shape index (κ2) is 6.14. The second-order valence-electron chi connectivity index (χ2n) is 5.82. The number of aromatic hydroxyl groups is 1. The highest BCUT2D eigenvalue weighted by atomic mass is 19.1. The number of carboxylic acid groups (broad SMARTS) is 1. The molecule has 0 saturated carbocycles. The fraction of sp³-hybridized carbons (Fsp3) is 0.188. The van der Waals surface area contributed by atoms with Crippen molar-refractivity contribution < 1.29 is 23.8 Å². The van der Waals surface area contributed by atoms with Crippen LogP contribution in [0.3, 0.4) is 0 Å². The lowest BCUT2D eigenvalue weighted by Crippen LogP contribution is -2.41. The maximum atomic E-state index is 13.5. The molecule has 1 aromatic carbocycles. The van der Waals surface area contributed by atoms with Crippen molar-refractivity contribution in [2.24, 2.45) is 0 Å². The van der Waals surface area contributed by atoms with Gasteiger partial charge in [0.1, 0.15) is 5.82 Å². The number of H-pyrrole nitrogens is 1. The van der Waals surface area contributed by atoms with Gasteiger partial charge in [-0.1, -0.05) is 0 Å². The number of rotatable bonds is 3. The lowest BCUT2D eigenvalue weighted by molar-refractivity contribution is -0.132. The number of phenolic OH excluding ortho intramolecular Hbond substituents is 1. The Balaban J connectivity index is 2.14. The van der Waals surface area contributed by atoms with Crippen LogP contribution in [0.15, 0.2) is 27.3 Å². The van der Waals surface area contributed by atoms with E-state index >= 15 is 0 Å². The molecule has 26 heavy (non-hydrogen) atoms. The summed E-state index contributed by atoms with van der Waals surface area (Å²) in [7, 11) is 1.51. The number of carbonyl (C=O) groups is 1. The maximum Gasteiger partial charge on any atom is 0.333 e. The van der Waals surface area contributed by atoms with E-state index in [4.69, 9.17) is 10.2 Å². The molecule has 1 aliphatic heterocycles. The minimum Gasteiger partial charge on any atom is -0.503 e. The Labute approximate surface area is 144 Å². The van der Waals surface area contributed by atoms with Crippen LogP contribution in [0.2, 0.25) is 0 Å². The van der Waals surface area contributed by atoms with E-state index < -0.39 is 41.1 Å². The molecular weight excluding hydrogens is 352 g/mol. The molecule has 0 aliphatic carbocycles. The minimum absolute atomic E-state index is 0.00386. The van der Waals surface area contributed by atoms with Crippen LogP contribution in [0.25, 0.3) is 6.08 Å². The van der Waals surface area contributed by atoms with Crippen LogP contribution in [0.1, 0.15) is 11.1 Å². The van der Waals surface area contributed by atoms with E-state index in [-0.39, 0.29) is 29.1 Å². The van der Waals surface area contributed by atoms with Crippen LogP contribution >= 0.6 is 0 Å². The molecule has 0 saturated heterocycles. The van der Waals surface area contributed by atoms with Gasteiger partial charge < -0.3 is 15.1 Å². The molecule has 0 unspecified atom stereocenters. The molecule has 0 spiro atoms. The van der Waals surface area contributed by atoms with Crippen molar-refractivity contribution in [2.45, 2.75) is 6.54 Å². The van der Waals surface area contributed by atoms with Crippen molar-refractivity contribution in [2.75, 3.05) is 18.5 Å². The largest absolute Gasteiger partial charge is 0.503 e. The lowest BCUT2D eigenvalue weighted by Gasteiger charge is -2.25. The minimum atomic E-state index is -1.23. The number of benzene rings is 1. The number of aliphatic carboxylic acids is 1. The maximum absolute atomic E-state index is 13.5. The summed E-state index contributed by atoms with van der Waals surface area (Å²) in [5.41, 5.74) is -1.77. The monoisotopic (exact) mass is 365 g/mol. The molecule has 8 nitrogen and oxygen atoms in total. The van der Waals surface area contributed by atoms with Gasteiger partial charge in [0.05, 0.1) is 24.2 Å². The first-order valence-electron chi connectivity index (χ1n) is 7.38. The molecule has 2 heterocycles. The molecule has 0 radical (unpaired) electrons. The predicted molar refractivity (Wildman–Crippen MR) is 87.3 cm³/mol. The third kappa shape index (κ3) is 2.85. The van der Waals surface area contributed by atoms with E-state index in [0.717, 1.165) is 18.2 Å². The van der Waals surface area contributed by atoms with E-state index in [1.807, 2.05) is 0 Å². The number of aromatic amines is 1. The molecule has 10 heteroatoms. The van der Waals surface area contributed by atoms with Gasteiger partial charge in [0.15, 0.2) is 17.4 Å². The highest BCUT2D eigenvalue weighted by Crippen LogP contribution is 2.23. The van der Waals surface area contributed by atoms with Gasteiger partial charge in [0.25, 0.3) is 5.56 Å². The third-order valence-corrected chi connectivity index (χ3v) is 4.00. The molecule has 136 valence electrons. The van der Waals surface area contributed by atoms with Gasteiger partial charge in [-0.05, 0) is 23.8 Å². The molecule has 0 fully saturated rings. The predicted octanol–water partition coefficient (Wildman–Crippen LogP) is 0.486. The Morgan fingerprint density at radius 2 is 1.88 bits per heavy atom. The van der Waals surface area contributed by atoms with Gasteiger partial charge >= 0.3 is 11.7 Å². The summed E-state index contributed by atoms with van der Waals surface area (Å²) >= 11 is 0. The first kappa shape index (κ1) is 17.4. The fourth-order valence-electron chi connectivity index (χ4n) is 2.73. The van der Waals surface area contributed by atoms with Crippen molar-refractivity contribution in [3.8, 4) is 5.75 Å². The lowest BCUT2D eigenvalue weighted by atomic mass is 10.1. The Bertz CT molecular complexity index is 1050. The standard InChI is InChI=1S/C16H13F2N3O5/c1-20-6-8(15(24)25)4-9-13(20)19-16(26)21(14(9)23)5-7-2-10(17)12(22)11(18)3-7/h2-4,22H,5-6H2,1H3,(H,19,26)(H,24,25). The SMILES string of the molecule is CN1CC(C(=O)O)=Cc2c1[nH]c(=O)n(Cc1cc(F)c(O)c(F)c1)c2=O. The van der Waals surface area contributed by atoms with Gasteiger partial charge in [-0.25, -0.2) is 18.4 Å². The van der Waals surface area contributed by atoms with Crippen LogP contribution in [0, 0.1) is 11.6 Å². The normalized spacial score (nSPS) is 13.3. The summed E-state index contributed by atoms with van der Waals surface area (Å²) in [6.45, 7) is -0.467. The molecule has 3 rings (SSSR count). The molecule has 0 atom stereocenters. The Hall–Kier alpha value is -3.43. The number of aromatic nitrogens is 2. The molecule has 2 aromatic rings. The van der Waals surface area contributed by atoms with Crippen LogP contribution in [-0.2, 0) is 11.3 Å². The number of carboxylic acids is 1. The van der Waals surface area contributed by atoms with Gasteiger partial charge in [-0.2, -0.15) is 0 Å². The van der Waals surface area contributed by atoms with E-state index in [1.165, 1.54) is 11.9 Å². The smallest absolute Gasteiger partial charge is 0.333 e. The van der Waals surface area contributed by atoms with Gasteiger partial charge in [0.2, 0.25) is 0 Å². The van der Waals surface area contributed by atoms with Crippen LogP contribution in [-0.4, -0.2) is 39.3 Å². The number of likely N-dealkylation sites (N-methyl/N-ethyl adjacent to an activating group) is 1. The first-order chi connectivity index (χ1) is 12.2. The average Bonchev–Trinajstić information content (AvgIpc) is 2.57. The molecule has 1 aromatic heterocycles. The molecule has 3 N–H and O–H groups in total. The number of halogens is 2. The van der Waals surface area contributed by atoms with Crippen molar-refractivity contribution in [1.29, 1.82) is 0 Å². The number of nitrogens with one attached hydrogen (secondary N) is 1. The Morgan fingerprint density at radius 3 is 2.46 bits per heavy atom. The summed E-state index contributed by atoms with van der Waals surface area (Å²) in [5.74, 6) is -4.66. The van der Waals surface area contributed by atoms with Crippen molar-refractivity contribution >= 4 is 17.9 Å². The van der Waals surface area contributed by atoms with E-state index in [0.29, 0.717) is 4.57 Å². The fourth-order valence-corrected chi connectivity index (χ4v) is 2.73. The van der Waals surface area contributed by atoms with Gasteiger partial charge in [-0.15, -0.1) is 0 Å². The van der Waals surface area contributed by atoms with Crippen LogP contribution in [0.5, 0.6) is 5.75 Å². The number of anilines is 1. The Kier molecular flexibility index (Phi) is 4.10. The number of nitrogens with zero attached hydrogens (tertiary/aromatic N) is 2. The van der Waals surface area contributed by atoms with Gasteiger partial charge in [-0.3, -0.25) is 14.3 Å². The van der Waals surface area contributed by atoms with E-state index in [9.17, 15) is 23.2 Å². The highest BCUT2D eigenvalue weighted by molar-refractivity contribution is 5.95. The zero-order chi connectivity index (χ0) is 19.2. The Morgan fingerprint density at radius 1 is 1.27 bits per heavy atom. The molecule has 0 bridgehead atoms. The number of hydrogen-bond acceptors (Lipinski definition) is 5.